The van der Waals surface area contributed by atoms with Gasteiger partial charge in [-0.2, -0.15) is 26.3 Å². The molecule has 48 heavy (non-hydrogen) atoms. The van der Waals surface area contributed by atoms with Crippen LogP contribution in [0.5, 0.6) is 0 Å². The van der Waals surface area contributed by atoms with Crippen LogP contribution in [0.25, 0.3) is 0 Å². The van der Waals surface area contributed by atoms with Crippen molar-refractivity contribution in [3.8, 4) is 0 Å². The molecule has 2 aliphatic heterocycles. The van der Waals surface area contributed by atoms with Gasteiger partial charge in [-0.05, 0) is 41.3 Å². The van der Waals surface area contributed by atoms with E-state index in [-0.39, 0.29) is 18.9 Å². The summed E-state index contributed by atoms with van der Waals surface area (Å²) in [5, 5.41) is 9.32. The van der Waals surface area contributed by atoms with Crippen molar-refractivity contribution in [2.75, 3.05) is 6.54 Å². The molecule has 0 spiro atoms. The van der Waals surface area contributed by atoms with Crippen molar-refractivity contribution in [3.05, 3.63) is 101 Å². The first-order valence-corrected chi connectivity index (χ1v) is 16.8. The number of amides is 1. The van der Waals surface area contributed by atoms with Crippen LogP contribution in [-0.4, -0.2) is 58.4 Å². The Hall–Kier alpha value is -4.49. The van der Waals surface area contributed by atoms with Gasteiger partial charge >= 0.3 is 18.3 Å². The summed E-state index contributed by atoms with van der Waals surface area (Å²) in [5.41, 5.74) is 0.834. The first kappa shape index (κ1) is 36.3. The van der Waals surface area contributed by atoms with Crippen molar-refractivity contribution in [1.29, 1.82) is 0 Å². The zero-order valence-corrected chi connectivity index (χ0v) is 25.9. The summed E-state index contributed by atoms with van der Waals surface area (Å²) in [7, 11) is -8.26. The topological polar surface area (TPSA) is 171 Å². The van der Waals surface area contributed by atoms with E-state index in [2.05, 4.69) is 15.0 Å². The summed E-state index contributed by atoms with van der Waals surface area (Å²) in [4.78, 5) is 24.5. The monoisotopic (exact) mass is 720 g/mol. The minimum atomic E-state index is -5.08. The van der Waals surface area contributed by atoms with Crippen LogP contribution in [0.4, 0.5) is 26.3 Å². The number of aliphatic carboxylic acids is 1. The average molecular weight is 721 g/mol. The minimum absolute atomic E-state index is 0.0560. The zero-order chi connectivity index (χ0) is 35.5. The molecule has 2 unspecified atom stereocenters. The normalized spacial score (nSPS) is 19.7. The van der Waals surface area contributed by atoms with Gasteiger partial charge in [-0.25, -0.2) is 26.4 Å². The maximum Gasteiger partial charge on any atom is 0.490 e. The van der Waals surface area contributed by atoms with E-state index in [1.165, 1.54) is 0 Å². The number of aliphatic imine (C=N–C) groups is 1. The average Bonchev–Trinajstić information content (AvgIpc) is 3.61. The van der Waals surface area contributed by atoms with Gasteiger partial charge in [-0.3, -0.25) is 14.5 Å². The minimum Gasteiger partial charge on any atom is -0.475 e. The SMILES string of the molecule is O=C(O)C(F)(F)F.O=C1CC(c2ccc(CC(NS(=O)(=O)c3cccc(C(F)(F)F)c3)C3=NC[C@@H](c4ccccc4)N3)cc2)S(=O)(=O)N1. The quantitative estimate of drug-likeness (QED) is 0.254. The smallest absolute Gasteiger partial charge is 0.475 e. The second kappa shape index (κ2) is 13.9. The number of hydrogen-bond acceptors (Lipinski definition) is 8. The molecule has 3 aromatic carbocycles. The lowest BCUT2D eigenvalue weighted by atomic mass is 10.0. The summed E-state index contributed by atoms with van der Waals surface area (Å²) >= 11 is 0. The summed E-state index contributed by atoms with van der Waals surface area (Å²) in [6, 6.07) is 18.0. The fourth-order valence-electron chi connectivity index (χ4n) is 4.78. The van der Waals surface area contributed by atoms with E-state index in [0.29, 0.717) is 29.6 Å². The molecule has 11 nitrogen and oxygen atoms in total. The third kappa shape index (κ3) is 9.10. The standard InChI is InChI=1S/C27H25F3N4O5S2.C2HF3O2/c28-27(29,30)20-7-4-8-21(14-20)40(36,37)33-22(26-31-16-23(32-26)18-5-2-1-3-6-18)13-17-9-11-19(12-10-17)24-15-25(35)34-41(24,38)39;3-2(4,5)1(6)7/h1-12,14,22-24,33H,13,15-16H2,(H,31,32)(H,34,35);(H,6,7)/t22?,23-,24?;/m0./s1. The van der Waals surface area contributed by atoms with Gasteiger partial charge in [0.2, 0.25) is 26.0 Å². The molecule has 1 saturated heterocycles. The van der Waals surface area contributed by atoms with Crippen LogP contribution < -0.4 is 14.8 Å². The summed E-state index contributed by atoms with van der Waals surface area (Å²) in [6.45, 7) is 0.320. The highest BCUT2D eigenvalue weighted by atomic mass is 32.2. The van der Waals surface area contributed by atoms with Gasteiger partial charge in [0.25, 0.3) is 0 Å². The van der Waals surface area contributed by atoms with Gasteiger partial charge in [0.1, 0.15) is 11.1 Å². The first-order chi connectivity index (χ1) is 22.3. The van der Waals surface area contributed by atoms with E-state index >= 15 is 0 Å². The number of carboxylic acid groups (broad SMARTS) is 1. The van der Waals surface area contributed by atoms with E-state index in [0.717, 1.165) is 23.8 Å². The molecule has 4 N–H and O–H groups in total. The van der Waals surface area contributed by atoms with Crippen molar-refractivity contribution in [2.45, 2.75) is 47.4 Å². The molecule has 2 aliphatic rings. The Morgan fingerprint density at radius 3 is 2.12 bits per heavy atom. The number of halogens is 6. The van der Waals surface area contributed by atoms with Crippen molar-refractivity contribution in [3.63, 3.8) is 0 Å². The molecule has 2 heterocycles. The molecule has 3 atom stereocenters. The predicted octanol–water partition coefficient (Wildman–Crippen LogP) is 3.86. The lowest BCUT2D eigenvalue weighted by molar-refractivity contribution is -0.192. The van der Waals surface area contributed by atoms with Gasteiger partial charge in [-0.1, -0.05) is 60.7 Å². The second-order valence-electron chi connectivity index (χ2n) is 10.5. The number of carbonyl (C=O) groups is 2. The molecule has 3 aromatic rings. The molecule has 0 saturated carbocycles. The van der Waals surface area contributed by atoms with Crippen LogP contribution in [0.3, 0.4) is 0 Å². The Morgan fingerprint density at radius 2 is 1.58 bits per heavy atom. The van der Waals surface area contributed by atoms with Gasteiger partial charge in [-0.15, -0.1) is 0 Å². The van der Waals surface area contributed by atoms with E-state index < -0.39 is 66.0 Å². The number of carboxylic acids is 1. The second-order valence-corrected chi connectivity index (χ2v) is 14.1. The molecular formula is C29H26F6N4O7S2. The third-order valence-corrected chi connectivity index (χ3v) is 10.3. The third-order valence-electron chi connectivity index (χ3n) is 7.10. The first-order valence-electron chi connectivity index (χ1n) is 13.7. The summed E-state index contributed by atoms with van der Waals surface area (Å²) < 4.78 is 127. The molecule has 0 radical (unpaired) electrons. The Bertz CT molecular complexity index is 1900. The molecule has 19 heteroatoms. The van der Waals surface area contributed by atoms with Gasteiger partial charge < -0.3 is 10.4 Å². The van der Waals surface area contributed by atoms with Crippen molar-refractivity contribution in [2.24, 2.45) is 4.99 Å². The number of amidine groups is 1. The van der Waals surface area contributed by atoms with Crippen LogP contribution >= 0.6 is 0 Å². The van der Waals surface area contributed by atoms with Crippen LogP contribution in [-0.2, 0) is 42.2 Å². The number of rotatable bonds is 8. The lowest BCUT2D eigenvalue weighted by Gasteiger charge is -2.22. The molecule has 0 aliphatic carbocycles. The van der Waals surface area contributed by atoms with Crippen LogP contribution in [0, 0.1) is 0 Å². The number of carbonyl (C=O) groups excluding carboxylic acids is 1. The van der Waals surface area contributed by atoms with Crippen LogP contribution in [0.15, 0.2) is 88.8 Å². The molecule has 0 bridgehead atoms. The highest BCUT2D eigenvalue weighted by Crippen LogP contribution is 2.32. The van der Waals surface area contributed by atoms with Crippen LogP contribution in [0.2, 0.25) is 0 Å². The van der Waals surface area contributed by atoms with Gasteiger partial charge in [0, 0.05) is 0 Å². The molecule has 258 valence electrons. The summed E-state index contributed by atoms with van der Waals surface area (Å²) in [6.07, 6.45) is -9.96. The lowest BCUT2D eigenvalue weighted by Crippen LogP contribution is -2.47. The van der Waals surface area contributed by atoms with Gasteiger partial charge in [0.15, 0.2) is 0 Å². The van der Waals surface area contributed by atoms with E-state index in [1.54, 1.807) is 24.3 Å². The molecule has 5 rings (SSSR count). The summed E-state index contributed by atoms with van der Waals surface area (Å²) in [5.74, 6) is -3.04. The number of nitrogens with zero attached hydrogens (tertiary/aromatic N) is 1. The van der Waals surface area contributed by atoms with Crippen LogP contribution in [0.1, 0.15) is 40.0 Å². The fraction of sp³-hybridized carbons (Fsp3) is 0.276. The fourth-order valence-corrected chi connectivity index (χ4v) is 7.46. The Morgan fingerprint density at radius 1 is 0.958 bits per heavy atom. The van der Waals surface area contributed by atoms with Crippen molar-refractivity contribution < 1.29 is 57.9 Å². The number of nitrogens with one attached hydrogen (secondary N) is 3. The molecule has 0 aromatic heterocycles. The Balaban J connectivity index is 0.000000671. The largest absolute Gasteiger partial charge is 0.490 e. The zero-order valence-electron chi connectivity index (χ0n) is 24.3. The molecule has 1 fully saturated rings. The van der Waals surface area contributed by atoms with E-state index in [9.17, 15) is 48.0 Å². The van der Waals surface area contributed by atoms with E-state index in [4.69, 9.17) is 9.90 Å². The maximum atomic E-state index is 13.3. The Labute approximate surface area is 270 Å². The molecule has 1 amide bonds. The number of sulfonamides is 2. The van der Waals surface area contributed by atoms with Crippen molar-refractivity contribution in [1.82, 2.24) is 14.8 Å². The van der Waals surface area contributed by atoms with E-state index in [1.807, 2.05) is 35.1 Å². The predicted molar refractivity (Wildman–Crippen MR) is 158 cm³/mol. The van der Waals surface area contributed by atoms with Crippen molar-refractivity contribution >= 4 is 37.8 Å². The number of benzene rings is 3. The number of hydrogen-bond donors (Lipinski definition) is 4. The van der Waals surface area contributed by atoms with Gasteiger partial charge in [0.05, 0.1) is 35.5 Å². The maximum absolute atomic E-state index is 13.3. The number of alkyl halides is 6. The Kier molecular flexibility index (Phi) is 10.5. The highest BCUT2D eigenvalue weighted by molar-refractivity contribution is 7.90. The highest BCUT2D eigenvalue weighted by Gasteiger charge is 2.39. The molecular weight excluding hydrogens is 694 g/mol.